The number of hydrogen-bond donors (Lipinski definition) is 0. The molecule has 2 aromatic rings. The SMILES string of the molecule is Clc1ccccc1Sc1c(Cl)ncnc1Cl. The molecule has 1 aromatic carbocycles. The predicted molar refractivity (Wildman–Crippen MR) is 67.6 cm³/mol. The summed E-state index contributed by atoms with van der Waals surface area (Å²) in [7, 11) is 0. The van der Waals surface area contributed by atoms with E-state index in [9.17, 15) is 0 Å². The summed E-state index contributed by atoms with van der Waals surface area (Å²) in [6.07, 6.45) is 1.32. The Hall–Kier alpha value is -0.480. The van der Waals surface area contributed by atoms with Crippen LogP contribution >= 0.6 is 46.6 Å². The lowest BCUT2D eigenvalue weighted by Gasteiger charge is -2.05. The van der Waals surface area contributed by atoms with Crippen LogP contribution in [0.25, 0.3) is 0 Å². The van der Waals surface area contributed by atoms with Gasteiger partial charge in [-0.25, -0.2) is 9.97 Å². The molecule has 2 nitrogen and oxygen atoms in total. The Kier molecular flexibility index (Phi) is 3.92. The van der Waals surface area contributed by atoms with Crippen molar-refractivity contribution in [2.24, 2.45) is 0 Å². The summed E-state index contributed by atoms with van der Waals surface area (Å²) in [6, 6.07) is 7.43. The van der Waals surface area contributed by atoms with Crippen molar-refractivity contribution in [3.63, 3.8) is 0 Å². The summed E-state index contributed by atoms with van der Waals surface area (Å²) in [5.74, 6) is 0. The summed E-state index contributed by atoms with van der Waals surface area (Å²) in [5, 5.41) is 1.29. The van der Waals surface area contributed by atoms with E-state index < -0.39 is 0 Å². The van der Waals surface area contributed by atoms with Crippen LogP contribution in [0.15, 0.2) is 40.4 Å². The summed E-state index contributed by atoms with van der Waals surface area (Å²) >= 11 is 19.2. The first-order valence-electron chi connectivity index (χ1n) is 4.27. The number of rotatable bonds is 2. The zero-order valence-electron chi connectivity index (χ0n) is 7.82. The van der Waals surface area contributed by atoms with Crippen LogP contribution in [0, 0.1) is 0 Å². The quantitative estimate of drug-likeness (QED) is 0.757. The van der Waals surface area contributed by atoms with E-state index in [-0.39, 0.29) is 0 Å². The van der Waals surface area contributed by atoms with E-state index in [1.807, 2.05) is 18.2 Å². The molecule has 0 aliphatic heterocycles. The van der Waals surface area contributed by atoms with Crippen molar-refractivity contribution in [3.05, 3.63) is 45.9 Å². The van der Waals surface area contributed by atoms with Crippen LogP contribution in [0.1, 0.15) is 0 Å². The fourth-order valence-electron chi connectivity index (χ4n) is 1.05. The first-order chi connectivity index (χ1) is 7.68. The van der Waals surface area contributed by atoms with Crippen LogP contribution in [0.3, 0.4) is 0 Å². The maximum Gasteiger partial charge on any atom is 0.147 e. The minimum Gasteiger partial charge on any atom is -0.223 e. The molecule has 1 aromatic heterocycles. The Morgan fingerprint density at radius 2 is 1.56 bits per heavy atom. The van der Waals surface area contributed by atoms with Gasteiger partial charge in [0.25, 0.3) is 0 Å². The topological polar surface area (TPSA) is 25.8 Å². The second kappa shape index (κ2) is 5.23. The summed E-state index contributed by atoms with van der Waals surface area (Å²) in [5.41, 5.74) is 0. The lowest BCUT2D eigenvalue weighted by atomic mass is 10.4. The number of benzene rings is 1. The van der Waals surface area contributed by atoms with Crippen LogP contribution in [-0.2, 0) is 0 Å². The molecule has 0 saturated carbocycles. The normalized spacial score (nSPS) is 10.4. The van der Waals surface area contributed by atoms with E-state index in [4.69, 9.17) is 34.8 Å². The Bertz CT molecular complexity index is 499. The van der Waals surface area contributed by atoms with Crippen LogP contribution in [0.2, 0.25) is 15.3 Å². The van der Waals surface area contributed by atoms with E-state index >= 15 is 0 Å². The Morgan fingerprint density at radius 3 is 2.19 bits per heavy atom. The first kappa shape index (κ1) is 12.0. The van der Waals surface area contributed by atoms with Crippen molar-refractivity contribution in [1.82, 2.24) is 9.97 Å². The van der Waals surface area contributed by atoms with Gasteiger partial charge in [0.1, 0.15) is 16.6 Å². The highest BCUT2D eigenvalue weighted by molar-refractivity contribution is 7.99. The molecule has 0 amide bonds. The van der Waals surface area contributed by atoms with Gasteiger partial charge >= 0.3 is 0 Å². The zero-order valence-corrected chi connectivity index (χ0v) is 10.9. The maximum absolute atomic E-state index is 6.03. The summed E-state index contributed by atoms with van der Waals surface area (Å²) < 4.78 is 0. The number of aromatic nitrogens is 2. The van der Waals surface area contributed by atoms with Crippen LogP contribution in [-0.4, -0.2) is 9.97 Å². The Morgan fingerprint density at radius 1 is 0.938 bits per heavy atom. The molecule has 0 radical (unpaired) electrons. The van der Waals surface area contributed by atoms with Crippen molar-refractivity contribution in [2.45, 2.75) is 9.79 Å². The van der Waals surface area contributed by atoms with Gasteiger partial charge in [0.05, 0.1) is 9.92 Å². The summed E-state index contributed by atoms with van der Waals surface area (Å²) in [4.78, 5) is 9.22. The minimum absolute atomic E-state index is 0.324. The van der Waals surface area contributed by atoms with Crippen molar-refractivity contribution in [1.29, 1.82) is 0 Å². The molecule has 0 spiro atoms. The van der Waals surface area contributed by atoms with Crippen LogP contribution in [0.4, 0.5) is 0 Å². The average Bonchev–Trinajstić information content (AvgIpc) is 2.26. The molecule has 0 atom stereocenters. The van der Waals surface area contributed by atoms with E-state index in [1.165, 1.54) is 18.1 Å². The molecular weight excluding hydrogens is 287 g/mol. The molecule has 0 aliphatic rings. The lowest BCUT2D eigenvalue weighted by molar-refractivity contribution is 1.10. The van der Waals surface area contributed by atoms with E-state index in [2.05, 4.69) is 9.97 Å². The van der Waals surface area contributed by atoms with Gasteiger partial charge in [-0.1, -0.05) is 58.7 Å². The highest BCUT2D eigenvalue weighted by Gasteiger charge is 2.11. The second-order valence-corrected chi connectivity index (χ2v) is 4.99. The van der Waals surface area contributed by atoms with Gasteiger partial charge in [-0.05, 0) is 12.1 Å². The molecule has 2 rings (SSSR count). The van der Waals surface area contributed by atoms with Crippen molar-refractivity contribution in [2.75, 3.05) is 0 Å². The largest absolute Gasteiger partial charge is 0.223 e. The van der Waals surface area contributed by atoms with Gasteiger partial charge in [-0.2, -0.15) is 0 Å². The molecule has 0 N–H and O–H groups in total. The van der Waals surface area contributed by atoms with Crippen LogP contribution < -0.4 is 0 Å². The molecule has 0 unspecified atom stereocenters. The van der Waals surface area contributed by atoms with Gasteiger partial charge in [0.2, 0.25) is 0 Å². The average molecular weight is 292 g/mol. The van der Waals surface area contributed by atoms with Gasteiger partial charge in [-0.3, -0.25) is 0 Å². The van der Waals surface area contributed by atoms with E-state index in [1.54, 1.807) is 6.07 Å². The smallest absolute Gasteiger partial charge is 0.147 e. The lowest BCUT2D eigenvalue weighted by Crippen LogP contribution is -1.86. The molecule has 16 heavy (non-hydrogen) atoms. The monoisotopic (exact) mass is 290 g/mol. The predicted octanol–water partition coefficient (Wildman–Crippen LogP) is 4.59. The first-order valence-corrected chi connectivity index (χ1v) is 6.22. The highest BCUT2D eigenvalue weighted by atomic mass is 35.5. The van der Waals surface area contributed by atoms with Gasteiger partial charge < -0.3 is 0 Å². The third kappa shape index (κ3) is 2.61. The second-order valence-electron chi connectivity index (χ2n) is 2.82. The Balaban J connectivity index is 2.38. The molecule has 82 valence electrons. The van der Waals surface area contributed by atoms with Crippen molar-refractivity contribution < 1.29 is 0 Å². The third-order valence-corrected chi connectivity index (χ3v) is 4.17. The summed E-state index contributed by atoms with van der Waals surface area (Å²) in [6.45, 7) is 0. The maximum atomic E-state index is 6.03. The number of nitrogens with zero attached hydrogens (tertiary/aromatic N) is 2. The van der Waals surface area contributed by atoms with Gasteiger partial charge in [0.15, 0.2) is 0 Å². The van der Waals surface area contributed by atoms with Gasteiger partial charge in [0, 0.05) is 4.90 Å². The molecule has 6 heteroatoms. The molecule has 0 aliphatic carbocycles. The molecular formula is C10H5Cl3N2S. The third-order valence-electron chi connectivity index (χ3n) is 1.77. The highest BCUT2D eigenvalue weighted by Crippen LogP contribution is 2.38. The fraction of sp³-hybridized carbons (Fsp3) is 0. The number of hydrogen-bond acceptors (Lipinski definition) is 3. The molecule has 1 heterocycles. The van der Waals surface area contributed by atoms with E-state index in [0.29, 0.717) is 20.2 Å². The molecule has 0 saturated heterocycles. The van der Waals surface area contributed by atoms with E-state index in [0.717, 1.165) is 4.90 Å². The zero-order chi connectivity index (χ0) is 11.5. The van der Waals surface area contributed by atoms with Crippen LogP contribution in [0.5, 0.6) is 0 Å². The Labute approximate surface area is 112 Å². The fourth-order valence-corrected chi connectivity index (χ4v) is 2.66. The number of halogens is 3. The van der Waals surface area contributed by atoms with Crippen molar-refractivity contribution >= 4 is 46.6 Å². The minimum atomic E-state index is 0.324. The van der Waals surface area contributed by atoms with Gasteiger partial charge in [-0.15, -0.1) is 0 Å². The van der Waals surface area contributed by atoms with Crippen molar-refractivity contribution in [3.8, 4) is 0 Å². The standard InChI is InChI=1S/C10H5Cl3N2S/c11-6-3-1-2-4-7(6)16-8-9(12)14-5-15-10(8)13/h1-5H. The molecule has 0 fully saturated rings. The molecule has 0 bridgehead atoms.